The first-order chi connectivity index (χ1) is 18.7. The molecule has 1 saturated heterocycles. The summed E-state index contributed by atoms with van der Waals surface area (Å²) in [6, 6.07) is 10.6. The zero-order chi connectivity index (χ0) is 27.6. The van der Waals surface area contributed by atoms with Crippen LogP contribution in [0.1, 0.15) is 38.3 Å². The molecule has 0 unspecified atom stereocenters. The molecule has 0 bridgehead atoms. The summed E-state index contributed by atoms with van der Waals surface area (Å²) in [5.74, 6) is 6.16. The van der Waals surface area contributed by atoms with Crippen LogP contribution < -0.4 is 5.32 Å². The van der Waals surface area contributed by atoms with Gasteiger partial charge in [0.05, 0.1) is 11.8 Å². The number of aromatic nitrogens is 3. The minimum atomic E-state index is -4.53. The lowest BCUT2D eigenvalue weighted by Gasteiger charge is -2.32. The summed E-state index contributed by atoms with van der Waals surface area (Å²) in [4.78, 5) is 25.9. The van der Waals surface area contributed by atoms with Crippen molar-refractivity contribution in [2.45, 2.75) is 19.6 Å². The molecule has 1 fully saturated rings. The van der Waals surface area contributed by atoms with E-state index in [2.05, 4.69) is 36.9 Å². The lowest BCUT2D eigenvalue weighted by molar-refractivity contribution is -0.137. The van der Waals surface area contributed by atoms with E-state index in [1.807, 2.05) is 13.2 Å². The van der Waals surface area contributed by atoms with Crippen molar-refractivity contribution in [3.05, 3.63) is 94.6 Å². The minimum absolute atomic E-state index is 0.105. The Balaban J connectivity index is 1.39. The van der Waals surface area contributed by atoms with Gasteiger partial charge in [0, 0.05) is 61.9 Å². The zero-order valence-corrected chi connectivity index (χ0v) is 21.6. The quantitative estimate of drug-likeness (QED) is 0.394. The van der Waals surface area contributed by atoms with Gasteiger partial charge in [-0.1, -0.05) is 12.0 Å². The number of piperazine rings is 1. The van der Waals surface area contributed by atoms with Crippen molar-refractivity contribution in [2.24, 2.45) is 0 Å². The third-order valence-corrected chi connectivity index (χ3v) is 6.77. The van der Waals surface area contributed by atoms with Crippen molar-refractivity contribution in [2.75, 3.05) is 38.5 Å². The van der Waals surface area contributed by atoms with Gasteiger partial charge in [0.15, 0.2) is 0 Å². The molecule has 10 heteroatoms. The van der Waals surface area contributed by atoms with Gasteiger partial charge < -0.3 is 10.2 Å². The number of hydrogen-bond donors (Lipinski definition) is 1. The molecule has 200 valence electrons. The molecular formula is C29H27F3N6O. The normalized spacial score (nSPS) is 14.7. The topological polar surface area (TPSA) is 65.8 Å². The molecule has 2 aromatic carbocycles. The van der Waals surface area contributed by atoms with Gasteiger partial charge in [-0.25, -0.2) is 9.97 Å². The summed E-state index contributed by atoms with van der Waals surface area (Å²) in [6.07, 6.45) is 0.541. The second kappa shape index (κ2) is 10.9. The Morgan fingerprint density at radius 1 is 1.05 bits per heavy atom. The molecule has 39 heavy (non-hydrogen) atoms. The summed E-state index contributed by atoms with van der Waals surface area (Å²) in [5.41, 5.74) is 2.05. The summed E-state index contributed by atoms with van der Waals surface area (Å²) < 4.78 is 42.8. The Morgan fingerprint density at radius 3 is 2.62 bits per heavy atom. The minimum Gasteiger partial charge on any atom is -0.322 e. The Labute approximate surface area is 224 Å². The molecular weight excluding hydrogens is 505 g/mol. The van der Waals surface area contributed by atoms with Gasteiger partial charge in [-0.2, -0.15) is 13.2 Å². The third kappa shape index (κ3) is 6.11. The molecule has 5 rings (SSSR count). The average molecular weight is 533 g/mol. The number of nitrogens with one attached hydrogen (secondary N) is 1. The number of likely N-dealkylation sites (N-methyl/N-ethyl adjacent to an activating group) is 1. The summed E-state index contributed by atoms with van der Waals surface area (Å²) in [6.45, 7) is 5.40. The van der Waals surface area contributed by atoms with E-state index in [1.54, 1.807) is 54.0 Å². The highest BCUT2D eigenvalue weighted by atomic mass is 19.4. The van der Waals surface area contributed by atoms with Gasteiger partial charge in [-0.05, 0) is 67.4 Å². The van der Waals surface area contributed by atoms with Crippen molar-refractivity contribution in [1.82, 2.24) is 24.2 Å². The van der Waals surface area contributed by atoms with Crippen LogP contribution in [0.2, 0.25) is 0 Å². The Bertz CT molecular complexity index is 1580. The van der Waals surface area contributed by atoms with Crippen LogP contribution in [-0.2, 0) is 12.7 Å². The van der Waals surface area contributed by atoms with Crippen LogP contribution in [0, 0.1) is 18.8 Å². The predicted molar refractivity (Wildman–Crippen MR) is 142 cm³/mol. The number of carbonyl (C=O) groups excluding carboxylic acids is 1. The number of carbonyl (C=O) groups is 1. The van der Waals surface area contributed by atoms with E-state index in [9.17, 15) is 18.0 Å². The Kier molecular flexibility index (Phi) is 7.37. The van der Waals surface area contributed by atoms with Crippen LogP contribution in [0.3, 0.4) is 0 Å². The van der Waals surface area contributed by atoms with E-state index >= 15 is 0 Å². The van der Waals surface area contributed by atoms with Crippen LogP contribution >= 0.6 is 0 Å². The molecule has 0 radical (unpaired) electrons. The number of anilines is 1. The fourth-order valence-electron chi connectivity index (χ4n) is 4.55. The van der Waals surface area contributed by atoms with Crippen LogP contribution in [0.5, 0.6) is 0 Å². The number of alkyl halides is 3. The van der Waals surface area contributed by atoms with Gasteiger partial charge in [-0.3, -0.25) is 14.1 Å². The van der Waals surface area contributed by atoms with Gasteiger partial charge in [-0.15, -0.1) is 0 Å². The summed E-state index contributed by atoms with van der Waals surface area (Å²) in [5, 5.41) is 2.68. The number of rotatable bonds is 4. The zero-order valence-electron chi connectivity index (χ0n) is 21.6. The summed E-state index contributed by atoms with van der Waals surface area (Å²) in [7, 11) is 2.02. The second-order valence-electron chi connectivity index (χ2n) is 9.61. The molecule has 7 nitrogen and oxygen atoms in total. The van der Waals surface area contributed by atoms with Gasteiger partial charge in [0.25, 0.3) is 5.91 Å². The molecule has 0 saturated carbocycles. The molecule has 1 amide bonds. The van der Waals surface area contributed by atoms with Crippen molar-refractivity contribution in [1.29, 1.82) is 0 Å². The maximum Gasteiger partial charge on any atom is 0.416 e. The van der Waals surface area contributed by atoms with Crippen molar-refractivity contribution < 1.29 is 18.0 Å². The van der Waals surface area contributed by atoms with Crippen LogP contribution in [0.15, 0.2) is 61.1 Å². The highest BCUT2D eigenvalue weighted by Crippen LogP contribution is 2.32. The second-order valence-corrected chi connectivity index (χ2v) is 9.61. The first-order valence-electron chi connectivity index (χ1n) is 12.5. The molecule has 4 aromatic rings. The number of hydrogen-bond acceptors (Lipinski definition) is 5. The standard InChI is InChI=1S/C29H27F3N6O/c1-20-22(7-8-25-18-34-28-33-9-4-10-38(25)28)5-3-6-26(20)27(39)35-24-16-21(15-23(17-24)29(30,31)32)19-37-13-11-36(2)12-14-37/h3-6,9-10,15-18H,11-14,19H2,1-2H3,(H,35,39). The summed E-state index contributed by atoms with van der Waals surface area (Å²) >= 11 is 0. The van der Waals surface area contributed by atoms with E-state index in [0.29, 0.717) is 40.3 Å². The molecule has 0 atom stereocenters. The highest BCUT2D eigenvalue weighted by Gasteiger charge is 2.31. The SMILES string of the molecule is Cc1c(C#Cc2cnc3ncccn23)cccc1C(=O)Nc1cc(CN2CCN(C)CC2)cc(C(F)(F)F)c1. The molecule has 1 aliphatic heterocycles. The van der Waals surface area contributed by atoms with Crippen molar-refractivity contribution >= 4 is 17.4 Å². The first-order valence-corrected chi connectivity index (χ1v) is 12.5. The van der Waals surface area contributed by atoms with E-state index in [0.717, 1.165) is 38.3 Å². The largest absolute Gasteiger partial charge is 0.416 e. The van der Waals surface area contributed by atoms with E-state index in [4.69, 9.17) is 0 Å². The maximum absolute atomic E-state index is 13.7. The molecule has 3 heterocycles. The number of halogens is 3. The lowest BCUT2D eigenvalue weighted by atomic mass is 10.0. The van der Waals surface area contributed by atoms with Gasteiger partial charge >= 0.3 is 6.18 Å². The number of amides is 1. The molecule has 0 aliphatic carbocycles. The number of fused-ring (bicyclic) bond motifs is 1. The van der Waals surface area contributed by atoms with E-state index in [-0.39, 0.29) is 5.69 Å². The molecule has 1 aliphatic rings. The van der Waals surface area contributed by atoms with Crippen LogP contribution in [-0.4, -0.2) is 63.3 Å². The van der Waals surface area contributed by atoms with Crippen LogP contribution in [0.4, 0.5) is 18.9 Å². The number of imidazole rings is 1. The Hall–Kier alpha value is -4.20. The monoisotopic (exact) mass is 532 g/mol. The van der Waals surface area contributed by atoms with E-state index in [1.165, 1.54) is 0 Å². The van der Waals surface area contributed by atoms with Gasteiger partial charge in [0.2, 0.25) is 5.78 Å². The van der Waals surface area contributed by atoms with Gasteiger partial charge in [0.1, 0.15) is 5.69 Å². The fraction of sp³-hybridized carbons (Fsp3) is 0.276. The first kappa shape index (κ1) is 26.4. The van der Waals surface area contributed by atoms with Crippen LogP contribution in [0.25, 0.3) is 5.78 Å². The predicted octanol–water partition coefficient (Wildman–Crippen LogP) is 4.46. The molecule has 2 aromatic heterocycles. The molecule has 1 N–H and O–H groups in total. The fourth-order valence-corrected chi connectivity index (χ4v) is 4.55. The average Bonchev–Trinajstić information content (AvgIpc) is 3.32. The Morgan fingerprint density at radius 2 is 1.85 bits per heavy atom. The molecule has 0 spiro atoms. The lowest BCUT2D eigenvalue weighted by Crippen LogP contribution is -2.43. The number of nitrogens with zero attached hydrogens (tertiary/aromatic N) is 5. The number of benzene rings is 2. The van der Waals surface area contributed by atoms with E-state index < -0.39 is 17.6 Å². The van der Waals surface area contributed by atoms with Crippen molar-refractivity contribution in [3.8, 4) is 11.8 Å². The smallest absolute Gasteiger partial charge is 0.322 e. The maximum atomic E-state index is 13.7. The highest BCUT2D eigenvalue weighted by molar-refractivity contribution is 6.05. The third-order valence-electron chi connectivity index (χ3n) is 6.77. The van der Waals surface area contributed by atoms with Crippen molar-refractivity contribution in [3.63, 3.8) is 0 Å².